The first-order valence-electron chi connectivity index (χ1n) is 15.2. The lowest BCUT2D eigenvalue weighted by Gasteiger charge is -2.20. The normalized spacial score (nSPS) is 13.8. The Morgan fingerprint density at radius 3 is 1.75 bits per heavy atom. The van der Waals surface area contributed by atoms with Crippen molar-refractivity contribution in [3.63, 3.8) is 0 Å². The van der Waals surface area contributed by atoms with Crippen LogP contribution in [0.2, 0.25) is 0 Å². The van der Waals surface area contributed by atoms with Crippen LogP contribution in [-0.2, 0) is 4.79 Å². The molecule has 0 aromatic heterocycles. The van der Waals surface area contributed by atoms with E-state index in [2.05, 4.69) is 43.5 Å². The molecule has 0 fully saturated rings. The number of carbonyl (C=O) groups excluding carboxylic acids is 1. The topological polar surface area (TPSA) is 69.6 Å². The highest BCUT2D eigenvalue weighted by Crippen LogP contribution is 2.11. The summed E-state index contributed by atoms with van der Waals surface area (Å²) in [5.74, 6) is -0.0838. The summed E-state index contributed by atoms with van der Waals surface area (Å²) in [5, 5.41) is 22.7. The van der Waals surface area contributed by atoms with Gasteiger partial charge in [0.25, 0.3) is 0 Å². The molecule has 0 rings (SSSR count). The number of allylic oxidation sites excluding steroid dienone is 5. The Labute approximate surface area is 223 Å². The largest absolute Gasteiger partial charge is 0.394 e. The lowest BCUT2D eigenvalue weighted by Crippen LogP contribution is -2.45. The monoisotopic (exact) mass is 505 g/mol. The Hall–Kier alpha value is -1.39. The second-order valence-corrected chi connectivity index (χ2v) is 10.2. The molecule has 2 unspecified atom stereocenters. The molecule has 4 nitrogen and oxygen atoms in total. The van der Waals surface area contributed by atoms with E-state index in [0.717, 1.165) is 44.9 Å². The van der Waals surface area contributed by atoms with Gasteiger partial charge < -0.3 is 15.5 Å². The van der Waals surface area contributed by atoms with Crippen molar-refractivity contribution in [1.29, 1.82) is 0 Å². The van der Waals surface area contributed by atoms with E-state index in [4.69, 9.17) is 0 Å². The second kappa shape index (κ2) is 28.2. The third kappa shape index (κ3) is 24.3. The maximum Gasteiger partial charge on any atom is 0.220 e. The Kier molecular flexibility index (Phi) is 27.1. The number of aliphatic hydroxyl groups is 2. The molecule has 0 spiro atoms. The maximum atomic E-state index is 12.2. The Morgan fingerprint density at radius 2 is 1.17 bits per heavy atom. The highest BCUT2D eigenvalue weighted by Gasteiger charge is 2.17. The first-order valence-corrected chi connectivity index (χ1v) is 15.2. The molecule has 0 saturated carbocycles. The quantitative estimate of drug-likeness (QED) is 0.0817. The van der Waals surface area contributed by atoms with Gasteiger partial charge in [0.1, 0.15) is 0 Å². The van der Waals surface area contributed by atoms with Crippen molar-refractivity contribution in [1.82, 2.24) is 5.32 Å². The molecule has 4 heteroatoms. The zero-order valence-corrected chi connectivity index (χ0v) is 23.8. The van der Waals surface area contributed by atoms with Gasteiger partial charge in [-0.2, -0.15) is 0 Å². The van der Waals surface area contributed by atoms with Crippen LogP contribution in [0.3, 0.4) is 0 Å². The summed E-state index contributed by atoms with van der Waals surface area (Å²) >= 11 is 0. The summed E-state index contributed by atoms with van der Waals surface area (Å²) in [6, 6.07) is -0.624. The van der Waals surface area contributed by atoms with Crippen LogP contribution in [0, 0.1) is 0 Å². The standard InChI is InChI=1S/C32H59NO3/c1-3-5-7-9-11-13-15-16-17-18-20-22-24-26-28-32(36)33-30(29-34)31(35)27-25-23-21-19-14-12-10-8-6-4-2/h9,11,15-16,25,27,30-31,34-35H,3-8,10,12-14,17-24,26,28-29H2,1-2H3,(H,33,36)/b11-9-,16-15-,27-25+. The lowest BCUT2D eigenvalue weighted by atomic mass is 10.1. The van der Waals surface area contributed by atoms with Gasteiger partial charge in [-0.15, -0.1) is 0 Å². The van der Waals surface area contributed by atoms with Crippen molar-refractivity contribution < 1.29 is 15.0 Å². The first-order chi connectivity index (χ1) is 17.7. The molecule has 0 aromatic rings. The van der Waals surface area contributed by atoms with Crippen LogP contribution in [0.15, 0.2) is 36.5 Å². The molecule has 0 bridgehead atoms. The third-order valence-corrected chi connectivity index (χ3v) is 6.62. The van der Waals surface area contributed by atoms with Gasteiger partial charge in [0, 0.05) is 6.42 Å². The van der Waals surface area contributed by atoms with E-state index < -0.39 is 12.1 Å². The van der Waals surface area contributed by atoms with Gasteiger partial charge in [0.15, 0.2) is 0 Å². The van der Waals surface area contributed by atoms with Crippen molar-refractivity contribution in [2.75, 3.05) is 6.61 Å². The number of amides is 1. The average molecular weight is 506 g/mol. The fourth-order valence-electron chi connectivity index (χ4n) is 4.19. The van der Waals surface area contributed by atoms with Crippen molar-refractivity contribution in [3.8, 4) is 0 Å². The molecule has 0 aliphatic rings. The van der Waals surface area contributed by atoms with Crippen LogP contribution in [0.1, 0.15) is 142 Å². The van der Waals surface area contributed by atoms with E-state index >= 15 is 0 Å². The van der Waals surface area contributed by atoms with Crippen LogP contribution in [0.4, 0.5) is 0 Å². The summed E-state index contributed by atoms with van der Waals surface area (Å²) < 4.78 is 0. The first kappa shape index (κ1) is 34.6. The van der Waals surface area contributed by atoms with Crippen molar-refractivity contribution in [3.05, 3.63) is 36.5 Å². The molecule has 0 heterocycles. The van der Waals surface area contributed by atoms with Gasteiger partial charge >= 0.3 is 0 Å². The summed E-state index contributed by atoms with van der Waals surface area (Å²) in [5.41, 5.74) is 0. The molecular weight excluding hydrogens is 446 g/mol. The molecule has 3 N–H and O–H groups in total. The van der Waals surface area contributed by atoms with Gasteiger partial charge in [0.2, 0.25) is 5.91 Å². The fourth-order valence-corrected chi connectivity index (χ4v) is 4.19. The zero-order chi connectivity index (χ0) is 26.5. The third-order valence-electron chi connectivity index (χ3n) is 6.62. The van der Waals surface area contributed by atoms with Gasteiger partial charge in [-0.1, -0.05) is 127 Å². The second-order valence-electron chi connectivity index (χ2n) is 10.2. The van der Waals surface area contributed by atoms with Crippen LogP contribution in [0.25, 0.3) is 0 Å². The van der Waals surface area contributed by atoms with Crippen LogP contribution in [-0.4, -0.2) is 34.9 Å². The molecular formula is C32H59NO3. The average Bonchev–Trinajstić information content (AvgIpc) is 2.88. The smallest absolute Gasteiger partial charge is 0.220 e. The molecule has 0 saturated heterocycles. The fraction of sp³-hybridized carbons (Fsp3) is 0.781. The molecule has 0 radical (unpaired) electrons. The number of unbranched alkanes of at least 4 members (excludes halogenated alkanes) is 15. The number of carbonyl (C=O) groups is 1. The van der Waals surface area contributed by atoms with Gasteiger partial charge in [-0.05, 0) is 44.9 Å². The summed E-state index contributed by atoms with van der Waals surface area (Å²) in [4.78, 5) is 12.2. The van der Waals surface area contributed by atoms with Crippen LogP contribution < -0.4 is 5.32 Å². The van der Waals surface area contributed by atoms with Crippen LogP contribution in [0.5, 0.6) is 0 Å². The highest BCUT2D eigenvalue weighted by atomic mass is 16.3. The Morgan fingerprint density at radius 1 is 0.667 bits per heavy atom. The molecule has 2 atom stereocenters. The molecule has 0 aliphatic heterocycles. The number of hydrogen-bond acceptors (Lipinski definition) is 3. The number of rotatable bonds is 26. The summed E-state index contributed by atoms with van der Waals surface area (Å²) in [6.45, 7) is 4.21. The van der Waals surface area contributed by atoms with E-state index in [9.17, 15) is 15.0 Å². The van der Waals surface area contributed by atoms with Crippen molar-refractivity contribution in [2.24, 2.45) is 0 Å². The van der Waals surface area contributed by atoms with Crippen LogP contribution >= 0.6 is 0 Å². The maximum absolute atomic E-state index is 12.2. The predicted molar refractivity (Wildman–Crippen MR) is 156 cm³/mol. The number of aliphatic hydroxyl groups excluding tert-OH is 2. The van der Waals surface area contributed by atoms with E-state index in [1.54, 1.807) is 6.08 Å². The molecule has 0 aromatic carbocycles. The summed E-state index contributed by atoms with van der Waals surface area (Å²) in [7, 11) is 0. The molecule has 210 valence electrons. The minimum absolute atomic E-state index is 0.0838. The number of nitrogens with one attached hydrogen (secondary N) is 1. The molecule has 0 aliphatic carbocycles. The van der Waals surface area contributed by atoms with E-state index in [-0.39, 0.29) is 12.5 Å². The van der Waals surface area contributed by atoms with Gasteiger partial charge in [-0.3, -0.25) is 4.79 Å². The Bertz CT molecular complexity index is 556. The van der Waals surface area contributed by atoms with Gasteiger partial charge in [-0.25, -0.2) is 0 Å². The summed E-state index contributed by atoms with van der Waals surface area (Å²) in [6.07, 6.45) is 34.9. The van der Waals surface area contributed by atoms with Crippen molar-refractivity contribution >= 4 is 5.91 Å². The molecule has 36 heavy (non-hydrogen) atoms. The predicted octanol–water partition coefficient (Wildman–Crippen LogP) is 8.33. The van der Waals surface area contributed by atoms with E-state index in [0.29, 0.717) is 6.42 Å². The minimum Gasteiger partial charge on any atom is -0.394 e. The number of hydrogen-bond donors (Lipinski definition) is 3. The minimum atomic E-state index is -0.840. The van der Waals surface area contributed by atoms with E-state index in [1.807, 2.05) is 6.08 Å². The molecule has 1 amide bonds. The van der Waals surface area contributed by atoms with E-state index in [1.165, 1.54) is 77.0 Å². The SMILES string of the molecule is CCCC/C=C\C/C=C\CCCCCCCC(=O)NC(CO)C(O)/C=C/CCCCCCCCCC. The lowest BCUT2D eigenvalue weighted by molar-refractivity contribution is -0.123. The highest BCUT2D eigenvalue weighted by molar-refractivity contribution is 5.76. The Balaban J connectivity index is 3.73. The van der Waals surface area contributed by atoms with Crippen molar-refractivity contribution in [2.45, 2.75) is 154 Å². The zero-order valence-electron chi connectivity index (χ0n) is 23.8. The van der Waals surface area contributed by atoms with Gasteiger partial charge in [0.05, 0.1) is 18.8 Å².